The lowest BCUT2D eigenvalue weighted by Crippen LogP contribution is -2.03. The fraction of sp³-hybridized carbons (Fsp3) is 0.192. The second kappa shape index (κ2) is 12.3. The number of aliphatic carboxylic acids is 1. The van der Waals surface area contributed by atoms with Gasteiger partial charge < -0.3 is 10.4 Å². The Balaban J connectivity index is 0.000000336. The van der Waals surface area contributed by atoms with Crippen LogP contribution in [0.3, 0.4) is 0 Å². The third kappa shape index (κ3) is 7.70. The molecule has 3 nitrogen and oxygen atoms in total. The van der Waals surface area contributed by atoms with Crippen LogP contribution in [0.4, 0.5) is 10.1 Å². The molecule has 0 aliphatic rings. The molecule has 0 atom stereocenters. The van der Waals surface area contributed by atoms with Crippen LogP contribution >= 0.6 is 23.2 Å². The molecule has 0 saturated heterocycles. The highest BCUT2D eigenvalue weighted by atomic mass is 35.5. The molecule has 3 rings (SSSR count). The van der Waals surface area contributed by atoms with E-state index >= 15 is 0 Å². The van der Waals surface area contributed by atoms with Crippen LogP contribution in [0.25, 0.3) is 6.08 Å². The lowest BCUT2D eigenvalue weighted by molar-refractivity contribution is -0.132. The van der Waals surface area contributed by atoms with E-state index in [4.69, 9.17) is 28.3 Å². The SMILES string of the molecule is C/C(=C\c1c(C)cccc1NCc1ccc(F)c(Cl)c1)C(=O)O.CCc1cccc(Cl)c1. The number of nitrogens with one attached hydrogen (secondary N) is 1. The van der Waals surface area contributed by atoms with E-state index in [-0.39, 0.29) is 10.6 Å². The van der Waals surface area contributed by atoms with Crippen molar-refractivity contribution in [2.45, 2.75) is 33.7 Å². The molecule has 0 aromatic heterocycles. The van der Waals surface area contributed by atoms with Gasteiger partial charge in [0.25, 0.3) is 0 Å². The molecule has 0 aliphatic carbocycles. The van der Waals surface area contributed by atoms with E-state index in [1.165, 1.54) is 11.6 Å². The Kier molecular flexibility index (Phi) is 9.76. The molecule has 0 fully saturated rings. The smallest absolute Gasteiger partial charge is 0.331 e. The Bertz CT molecular complexity index is 1110. The molecule has 6 heteroatoms. The normalized spacial score (nSPS) is 10.9. The third-order valence-electron chi connectivity index (χ3n) is 4.79. The third-order valence-corrected chi connectivity index (χ3v) is 5.31. The van der Waals surface area contributed by atoms with Gasteiger partial charge in [-0.1, -0.05) is 60.5 Å². The van der Waals surface area contributed by atoms with Crippen LogP contribution in [0.15, 0.2) is 66.2 Å². The second-order valence-electron chi connectivity index (χ2n) is 7.25. The maximum absolute atomic E-state index is 13.2. The van der Waals surface area contributed by atoms with Crippen molar-refractivity contribution in [2.24, 2.45) is 0 Å². The molecule has 32 heavy (non-hydrogen) atoms. The molecule has 0 spiro atoms. The number of halogens is 3. The number of carboxylic acids is 1. The molecule has 3 aromatic rings. The van der Waals surface area contributed by atoms with Crippen LogP contribution in [0, 0.1) is 12.7 Å². The zero-order chi connectivity index (χ0) is 23.7. The fourth-order valence-electron chi connectivity index (χ4n) is 2.91. The van der Waals surface area contributed by atoms with Crippen LogP contribution < -0.4 is 5.32 Å². The van der Waals surface area contributed by atoms with Crippen molar-refractivity contribution in [1.82, 2.24) is 0 Å². The van der Waals surface area contributed by atoms with Gasteiger partial charge in [0.15, 0.2) is 0 Å². The van der Waals surface area contributed by atoms with Gasteiger partial charge >= 0.3 is 5.97 Å². The van der Waals surface area contributed by atoms with Crippen molar-refractivity contribution in [3.05, 3.63) is 104 Å². The number of anilines is 1. The Morgan fingerprint density at radius 3 is 2.38 bits per heavy atom. The summed E-state index contributed by atoms with van der Waals surface area (Å²) in [5.74, 6) is -1.41. The number of hydrogen-bond acceptors (Lipinski definition) is 2. The van der Waals surface area contributed by atoms with E-state index in [0.29, 0.717) is 6.54 Å². The van der Waals surface area contributed by atoms with E-state index in [0.717, 1.165) is 33.8 Å². The summed E-state index contributed by atoms with van der Waals surface area (Å²) in [4.78, 5) is 11.0. The number of rotatable bonds is 6. The Morgan fingerprint density at radius 1 is 1.06 bits per heavy atom. The summed E-state index contributed by atoms with van der Waals surface area (Å²) in [6.07, 6.45) is 2.69. The standard InChI is InChI=1S/C18H17ClFNO2.C8H9Cl/c1-11-4-3-5-17(14(11)8-12(2)18(22)23)21-10-13-6-7-16(20)15(19)9-13;1-2-7-4-3-5-8(9)6-7/h3-9,21H,10H2,1-2H3,(H,22,23);3-6H,2H2,1H3/b12-8+;. The molecule has 168 valence electrons. The molecular formula is C26H26Cl2FNO2. The van der Waals surface area contributed by atoms with Crippen LogP contribution in [-0.2, 0) is 17.8 Å². The summed E-state index contributed by atoms with van der Waals surface area (Å²) in [6, 6.07) is 18.2. The van der Waals surface area contributed by atoms with Crippen molar-refractivity contribution in [1.29, 1.82) is 0 Å². The molecule has 0 aliphatic heterocycles. The van der Waals surface area contributed by atoms with Crippen molar-refractivity contribution in [2.75, 3.05) is 5.32 Å². The predicted molar refractivity (Wildman–Crippen MR) is 132 cm³/mol. The maximum atomic E-state index is 13.2. The van der Waals surface area contributed by atoms with Crippen molar-refractivity contribution in [3.63, 3.8) is 0 Å². The summed E-state index contributed by atoms with van der Waals surface area (Å²) < 4.78 is 13.2. The highest BCUT2D eigenvalue weighted by Crippen LogP contribution is 2.24. The summed E-state index contributed by atoms with van der Waals surface area (Å²) in [5, 5.41) is 13.2. The van der Waals surface area contributed by atoms with Gasteiger partial charge in [-0.3, -0.25) is 0 Å². The van der Waals surface area contributed by atoms with E-state index in [1.54, 1.807) is 25.1 Å². The van der Waals surface area contributed by atoms with Gasteiger partial charge in [0.05, 0.1) is 5.02 Å². The van der Waals surface area contributed by atoms with Crippen LogP contribution in [0.2, 0.25) is 10.0 Å². The number of hydrogen-bond donors (Lipinski definition) is 2. The first-order valence-corrected chi connectivity index (χ1v) is 10.9. The average molecular weight is 474 g/mol. The highest BCUT2D eigenvalue weighted by molar-refractivity contribution is 6.31. The number of benzene rings is 3. The van der Waals surface area contributed by atoms with Crippen molar-refractivity contribution < 1.29 is 14.3 Å². The topological polar surface area (TPSA) is 49.3 Å². The first-order chi connectivity index (χ1) is 15.2. The molecular weight excluding hydrogens is 448 g/mol. The fourth-order valence-corrected chi connectivity index (χ4v) is 3.32. The van der Waals surface area contributed by atoms with Gasteiger partial charge in [0.2, 0.25) is 0 Å². The summed E-state index contributed by atoms with van der Waals surface area (Å²) in [7, 11) is 0. The van der Waals surface area contributed by atoms with Crippen LogP contribution in [-0.4, -0.2) is 11.1 Å². The lowest BCUT2D eigenvalue weighted by Gasteiger charge is -2.13. The minimum Gasteiger partial charge on any atom is -0.478 e. The first-order valence-electron chi connectivity index (χ1n) is 10.1. The highest BCUT2D eigenvalue weighted by Gasteiger charge is 2.07. The van der Waals surface area contributed by atoms with Crippen LogP contribution in [0.1, 0.15) is 36.1 Å². The Labute approximate surface area is 198 Å². The van der Waals surface area contributed by atoms with E-state index in [2.05, 4.69) is 18.3 Å². The zero-order valence-electron chi connectivity index (χ0n) is 18.3. The maximum Gasteiger partial charge on any atom is 0.331 e. The predicted octanol–water partition coefficient (Wildman–Crippen LogP) is 7.79. The van der Waals surface area contributed by atoms with E-state index in [9.17, 15) is 9.18 Å². The van der Waals surface area contributed by atoms with E-state index in [1.807, 2.05) is 43.3 Å². The van der Waals surface area contributed by atoms with Crippen molar-refractivity contribution >= 4 is 40.9 Å². The van der Waals surface area contributed by atoms with E-state index < -0.39 is 11.8 Å². The minimum atomic E-state index is -0.954. The Hall–Kier alpha value is -2.82. The molecule has 0 heterocycles. The largest absolute Gasteiger partial charge is 0.478 e. The molecule has 0 amide bonds. The molecule has 0 radical (unpaired) electrons. The minimum absolute atomic E-state index is 0.0791. The van der Waals surface area contributed by atoms with Gasteiger partial charge in [0.1, 0.15) is 5.82 Å². The molecule has 0 saturated carbocycles. The van der Waals surface area contributed by atoms with Gasteiger partial charge in [-0.05, 0) is 73.4 Å². The monoisotopic (exact) mass is 473 g/mol. The number of carbonyl (C=O) groups is 1. The zero-order valence-corrected chi connectivity index (χ0v) is 19.8. The Morgan fingerprint density at radius 2 is 1.78 bits per heavy atom. The second-order valence-corrected chi connectivity index (χ2v) is 8.10. The molecule has 2 N–H and O–H groups in total. The summed E-state index contributed by atoms with van der Waals surface area (Å²) >= 11 is 11.5. The van der Waals surface area contributed by atoms with Crippen molar-refractivity contribution in [3.8, 4) is 0 Å². The van der Waals surface area contributed by atoms with Gasteiger partial charge in [-0.2, -0.15) is 0 Å². The summed E-state index contributed by atoms with van der Waals surface area (Å²) in [5.41, 5.74) is 4.98. The lowest BCUT2D eigenvalue weighted by atomic mass is 10.0. The van der Waals surface area contributed by atoms with Gasteiger partial charge in [-0.15, -0.1) is 0 Å². The first kappa shape index (κ1) is 25.4. The quantitative estimate of drug-likeness (QED) is 0.359. The number of carboxylic acid groups (broad SMARTS) is 1. The average Bonchev–Trinajstić information content (AvgIpc) is 2.76. The molecule has 3 aromatic carbocycles. The van der Waals surface area contributed by atoms with Crippen LogP contribution in [0.5, 0.6) is 0 Å². The molecule has 0 unspecified atom stereocenters. The van der Waals surface area contributed by atoms with Gasteiger partial charge in [-0.25, -0.2) is 9.18 Å². The number of aryl methyl sites for hydroxylation is 2. The van der Waals surface area contributed by atoms with Gasteiger partial charge in [0, 0.05) is 28.4 Å². The summed E-state index contributed by atoms with van der Waals surface area (Å²) in [6.45, 7) is 6.04. The molecule has 0 bridgehead atoms.